The highest BCUT2D eigenvalue weighted by atomic mass is 16.8. The normalized spacial score (nSPS) is 12.1. The molecule has 0 spiro atoms. The fourth-order valence-corrected chi connectivity index (χ4v) is 3.03. The molecule has 27 heavy (non-hydrogen) atoms. The molecule has 4 aromatic rings. The summed E-state index contributed by atoms with van der Waals surface area (Å²) in [6, 6.07) is 20.3. The van der Waals surface area contributed by atoms with Crippen molar-refractivity contribution in [3.05, 3.63) is 71.9 Å². The van der Waals surface area contributed by atoms with Crippen LogP contribution in [0.2, 0.25) is 0 Å². The summed E-state index contributed by atoms with van der Waals surface area (Å²) in [5, 5.41) is 21.3. The van der Waals surface area contributed by atoms with Gasteiger partial charge in [0.25, 0.3) is 0 Å². The molecular formula is C20H18N4O3. The fourth-order valence-electron chi connectivity index (χ4n) is 3.03. The third-order valence-electron chi connectivity index (χ3n) is 4.34. The van der Waals surface area contributed by atoms with Gasteiger partial charge in [-0.15, -0.1) is 0 Å². The van der Waals surface area contributed by atoms with E-state index in [1.54, 1.807) is 25.3 Å². The predicted molar refractivity (Wildman–Crippen MR) is 105 cm³/mol. The smallest absolute Gasteiger partial charge is 0.165 e. The molecule has 1 aromatic heterocycles. The van der Waals surface area contributed by atoms with E-state index in [2.05, 4.69) is 15.8 Å². The number of methoxy groups -OCH3 is 1. The summed E-state index contributed by atoms with van der Waals surface area (Å²) < 4.78 is 5.44. The van der Waals surface area contributed by atoms with E-state index in [0.717, 1.165) is 22.1 Å². The van der Waals surface area contributed by atoms with Gasteiger partial charge in [-0.1, -0.05) is 30.3 Å². The van der Waals surface area contributed by atoms with Gasteiger partial charge in [0.2, 0.25) is 0 Å². The van der Waals surface area contributed by atoms with Crippen molar-refractivity contribution in [1.82, 2.24) is 4.98 Å². The van der Waals surface area contributed by atoms with Crippen LogP contribution in [0.3, 0.4) is 0 Å². The summed E-state index contributed by atoms with van der Waals surface area (Å²) in [4.78, 5) is 4.65. The Morgan fingerprint density at radius 3 is 2.52 bits per heavy atom. The summed E-state index contributed by atoms with van der Waals surface area (Å²) >= 11 is 0. The summed E-state index contributed by atoms with van der Waals surface area (Å²) in [6.07, 6.45) is 0. The summed E-state index contributed by atoms with van der Waals surface area (Å²) in [6.45, 7) is 0. The minimum atomic E-state index is -0.990. The largest absolute Gasteiger partial charge is 0.595 e. The number of para-hydroxylation sites is 2. The van der Waals surface area contributed by atoms with Gasteiger partial charge < -0.3 is 15.4 Å². The highest BCUT2D eigenvalue weighted by Crippen LogP contribution is 2.35. The van der Waals surface area contributed by atoms with E-state index in [-0.39, 0.29) is 5.69 Å². The monoisotopic (exact) mass is 362 g/mol. The van der Waals surface area contributed by atoms with Gasteiger partial charge in [-0.2, -0.15) is 5.23 Å². The zero-order valence-electron chi connectivity index (χ0n) is 14.6. The minimum Gasteiger partial charge on any atom is -0.595 e. The van der Waals surface area contributed by atoms with Crippen LogP contribution in [0.15, 0.2) is 66.7 Å². The Labute approximate surface area is 155 Å². The van der Waals surface area contributed by atoms with Gasteiger partial charge in [0.05, 0.1) is 24.0 Å². The van der Waals surface area contributed by atoms with Crippen LogP contribution in [0.25, 0.3) is 21.8 Å². The van der Waals surface area contributed by atoms with Crippen LogP contribution in [0, 0.1) is 5.21 Å². The lowest BCUT2D eigenvalue weighted by atomic mass is 10.1. The molecule has 1 unspecified atom stereocenters. The molecule has 0 radical (unpaired) electrons. The molecule has 7 nitrogen and oxygen atoms in total. The zero-order valence-corrected chi connectivity index (χ0v) is 14.6. The second-order valence-corrected chi connectivity index (χ2v) is 6.00. The van der Waals surface area contributed by atoms with E-state index in [1.165, 1.54) is 0 Å². The SMILES string of the molecule is COc1cccc2c(NNc3ccccc3)c3ccc([NH+]([O-])O)cc3nc12. The number of hydrazine groups is 1. The molecule has 4 N–H and O–H groups in total. The van der Waals surface area contributed by atoms with Gasteiger partial charge in [0, 0.05) is 22.9 Å². The van der Waals surface area contributed by atoms with Crippen LogP contribution in [0.4, 0.5) is 17.1 Å². The maximum Gasteiger partial charge on any atom is 0.165 e. The number of pyridine rings is 1. The molecule has 0 bridgehead atoms. The number of nitrogens with zero attached hydrogens (tertiary/aromatic N) is 1. The second kappa shape index (κ2) is 7.08. The third-order valence-corrected chi connectivity index (χ3v) is 4.34. The molecule has 136 valence electrons. The molecule has 1 heterocycles. The number of quaternary nitrogens is 1. The van der Waals surface area contributed by atoms with Crippen LogP contribution in [-0.4, -0.2) is 17.3 Å². The Kier molecular flexibility index (Phi) is 4.47. The average molecular weight is 362 g/mol. The number of aromatic nitrogens is 1. The lowest BCUT2D eigenvalue weighted by molar-refractivity contribution is -0.991. The van der Waals surface area contributed by atoms with E-state index >= 15 is 0 Å². The van der Waals surface area contributed by atoms with Crippen molar-refractivity contribution in [1.29, 1.82) is 0 Å². The van der Waals surface area contributed by atoms with Gasteiger partial charge in [-0.25, -0.2) is 10.2 Å². The molecule has 0 aliphatic rings. The van der Waals surface area contributed by atoms with Crippen molar-refractivity contribution in [3.8, 4) is 5.75 Å². The van der Waals surface area contributed by atoms with E-state index in [9.17, 15) is 10.4 Å². The minimum absolute atomic E-state index is 0.186. The summed E-state index contributed by atoms with van der Waals surface area (Å²) in [7, 11) is 1.59. The first-order chi connectivity index (χ1) is 13.2. The average Bonchev–Trinajstić information content (AvgIpc) is 2.71. The van der Waals surface area contributed by atoms with Crippen LogP contribution in [-0.2, 0) is 0 Å². The van der Waals surface area contributed by atoms with Crippen LogP contribution in [0.5, 0.6) is 5.75 Å². The Morgan fingerprint density at radius 2 is 1.78 bits per heavy atom. The molecular weight excluding hydrogens is 344 g/mol. The highest BCUT2D eigenvalue weighted by molar-refractivity contribution is 6.09. The lowest BCUT2D eigenvalue weighted by Crippen LogP contribution is -2.99. The Hall–Kier alpha value is -3.39. The number of anilines is 2. The van der Waals surface area contributed by atoms with Crippen molar-refractivity contribution < 1.29 is 15.2 Å². The zero-order chi connectivity index (χ0) is 18.8. The summed E-state index contributed by atoms with van der Waals surface area (Å²) in [5.41, 5.74) is 9.56. The lowest BCUT2D eigenvalue weighted by Gasteiger charge is -2.17. The standard InChI is InChI=1S/C20H18N4O3/c1-27-18-9-5-8-16-19(23-22-13-6-3-2-4-7-13)15-11-10-14(24(25)26)12-17(15)21-20(16)18/h2-12,22,24-25H,1H3,(H,21,23). The molecule has 4 rings (SSSR count). The Balaban J connectivity index is 1.91. The number of fused-ring (bicyclic) bond motifs is 2. The first kappa shape index (κ1) is 17.0. The van der Waals surface area contributed by atoms with Crippen LogP contribution in [0.1, 0.15) is 0 Å². The van der Waals surface area contributed by atoms with Gasteiger partial charge in [0.1, 0.15) is 11.3 Å². The van der Waals surface area contributed by atoms with Gasteiger partial charge in [0.15, 0.2) is 5.69 Å². The quantitative estimate of drug-likeness (QED) is 0.322. The molecule has 0 aliphatic carbocycles. The van der Waals surface area contributed by atoms with E-state index in [4.69, 9.17) is 4.74 Å². The molecule has 0 aliphatic heterocycles. The number of hydrogen-bond acceptors (Lipinski definition) is 6. The number of hydrogen-bond donors (Lipinski definition) is 4. The summed E-state index contributed by atoms with van der Waals surface area (Å²) in [5.74, 6) is 0.623. The van der Waals surface area contributed by atoms with Crippen molar-refractivity contribution in [2.75, 3.05) is 18.0 Å². The molecule has 0 saturated carbocycles. The Morgan fingerprint density at radius 1 is 0.963 bits per heavy atom. The number of rotatable bonds is 5. The fraction of sp³-hybridized carbons (Fsp3) is 0.0500. The van der Waals surface area contributed by atoms with Crippen molar-refractivity contribution in [2.24, 2.45) is 0 Å². The second-order valence-electron chi connectivity index (χ2n) is 6.00. The maximum atomic E-state index is 11.3. The van der Waals surface area contributed by atoms with Gasteiger partial charge in [-0.3, -0.25) is 5.43 Å². The van der Waals surface area contributed by atoms with Crippen molar-refractivity contribution in [2.45, 2.75) is 0 Å². The molecule has 0 saturated heterocycles. The molecule has 0 amide bonds. The molecule has 1 atom stereocenters. The van der Waals surface area contributed by atoms with Crippen LogP contribution >= 0.6 is 0 Å². The predicted octanol–water partition coefficient (Wildman–Crippen LogP) is 3.24. The first-order valence-electron chi connectivity index (χ1n) is 8.38. The number of ether oxygens (including phenoxy) is 1. The van der Waals surface area contributed by atoms with Crippen molar-refractivity contribution >= 4 is 38.9 Å². The third kappa shape index (κ3) is 3.22. The van der Waals surface area contributed by atoms with Crippen LogP contribution < -0.4 is 20.8 Å². The molecule has 7 heteroatoms. The highest BCUT2D eigenvalue weighted by Gasteiger charge is 2.14. The topological polar surface area (TPSA) is 93.9 Å². The van der Waals surface area contributed by atoms with Crippen molar-refractivity contribution in [3.63, 3.8) is 0 Å². The van der Waals surface area contributed by atoms with E-state index in [1.807, 2.05) is 48.5 Å². The first-order valence-corrected chi connectivity index (χ1v) is 8.38. The van der Waals surface area contributed by atoms with Gasteiger partial charge in [-0.05, 0) is 24.3 Å². The van der Waals surface area contributed by atoms with E-state index in [0.29, 0.717) is 16.8 Å². The maximum absolute atomic E-state index is 11.3. The Bertz CT molecular complexity index is 1100. The van der Waals surface area contributed by atoms with E-state index < -0.39 is 5.23 Å². The number of nitrogens with one attached hydrogen (secondary N) is 3. The molecule has 3 aromatic carbocycles. The molecule has 0 fully saturated rings. The number of benzene rings is 3. The van der Waals surface area contributed by atoms with Gasteiger partial charge >= 0.3 is 0 Å².